The van der Waals surface area contributed by atoms with Crippen LogP contribution in [0.15, 0.2) is 54.6 Å². The van der Waals surface area contributed by atoms with E-state index in [0.29, 0.717) is 12.2 Å². The number of ether oxygens (including phenoxy) is 1. The second-order valence-corrected chi connectivity index (χ2v) is 6.82. The van der Waals surface area contributed by atoms with Crippen molar-refractivity contribution in [2.24, 2.45) is 5.92 Å². The molecule has 0 spiro atoms. The fourth-order valence-corrected chi connectivity index (χ4v) is 4.16. The minimum Gasteiger partial charge on any atom is -0.462 e. The molecule has 4 rings (SSSR count). The molecule has 2 aromatic rings. The lowest BCUT2D eigenvalue weighted by Crippen LogP contribution is -2.30. The SMILES string of the molecule is CCOC(=O)c1cccc2c1N[C@@H](c1cccc([N+](=O)[O-])c1)[C@H]1CC=C[C@@H]21. The summed E-state index contributed by atoms with van der Waals surface area (Å²) in [6.07, 6.45) is 5.20. The van der Waals surface area contributed by atoms with E-state index in [1.807, 2.05) is 18.2 Å². The number of esters is 1. The predicted octanol–water partition coefficient (Wildman–Crippen LogP) is 4.60. The van der Waals surface area contributed by atoms with Gasteiger partial charge in [0, 0.05) is 18.1 Å². The van der Waals surface area contributed by atoms with Gasteiger partial charge in [0.2, 0.25) is 0 Å². The van der Waals surface area contributed by atoms with Crippen molar-refractivity contribution < 1.29 is 14.5 Å². The van der Waals surface area contributed by atoms with E-state index in [4.69, 9.17) is 4.74 Å². The highest BCUT2D eigenvalue weighted by Crippen LogP contribution is 2.50. The highest BCUT2D eigenvalue weighted by molar-refractivity contribution is 5.97. The molecule has 6 nitrogen and oxygen atoms in total. The Hall–Kier alpha value is -3.15. The number of fused-ring (bicyclic) bond motifs is 3. The Kier molecular flexibility index (Phi) is 4.39. The number of carbonyl (C=O) groups excluding carboxylic acids is 1. The van der Waals surface area contributed by atoms with Crippen LogP contribution in [0.2, 0.25) is 0 Å². The van der Waals surface area contributed by atoms with Crippen molar-refractivity contribution in [1.82, 2.24) is 0 Å². The first kappa shape index (κ1) is 17.3. The van der Waals surface area contributed by atoms with Crippen LogP contribution in [-0.4, -0.2) is 17.5 Å². The van der Waals surface area contributed by atoms with Crippen molar-refractivity contribution in [3.05, 3.63) is 81.4 Å². The van der Waals surface area contributed by atoms with Crippen LogP contribution in [0.4, 0.5) is 11.4 Å². The topological polar surface area (TPSA) is 81.5 Å². The Balaban J connectivity index is 1.79. The summed E-state index contributed by atoms with van der Waals surface area (Å²) in [5, 5.41) is 14.7. The second kappa shape index (κ2) is 6.87. The average molecular weight is 364 g/mol. The number of carbonyl (C=O) groups is 1. The highest BCUT2D eigenvalue weighted by Gasteiger charge is 2.39. The van der Waals surface area contributed by atoms with Gasteiger partial charge in [0.05, 0.1) is 28.8 Å². The Bertz CT molecular complexity index is 938. The number of hydrogen-bond acceptors (Lipinski definition) is 5. The standard InChI is InChI=1S/C21H20N2O4/c1-2-27-21(24)18-11-5-10-17-15-8-4-9-16(15)19(22-20(17)18)13-6-3-7-14(12-13)23(25)26/h3-8,10-12,15-16,19,22H,2,9H2,1H3/t15-,16+,19+/m1/s1. The normalized spacial score (nSPS) is 22.5. The molecule has 27 heavy (non-hydrogen) atoms. The maximum atomic E-state index is 12.4. The smallest absolute Gasteiger partial charge is 0.340 e. The molecule has 0 radical (unpaired) electrons. The van der Waals surface area contributed by atoms with Crippen LogP contribution in [-0.2, 0) is 4.74 Å². The molecular formula is C21H20N2O4. The largest absolute Gasteiger partial charge is 0.462 e. The van der Waals surface area contributed by atoms with Gasteiger partial charge in [0.25, 0.3) is 5.69 Å². The third-order valence-corrected chi connectivity index (χ3v) is 5.33. The van der Waals surface area contributed by atoms with Gasteiger partial charge in [-0.25, -0.2) is 4.79 Å². The highest BCUT2D eigenvalue weighted by atomic mass is 16.6. The van der Waals surface area contributed by atoms with Crippen molar-refractivity contribution >= 4 is 17.3 Å². The van der Waals surface area contributed by atoms with Crippen LogP contribution in [0.1, 0.15) is 46.8 Å². The predicted molar refractivity (Wildman–Crippen MR) is 102 cm³/mol. The van der Waals surface area contributed by atoms with Crippen LogP contribution in [0.5, 0.6) is 0 Å². The number of para-hydroxylation sites is 1. The molecule has 3 atom stereocenters. The minimum atomic E-state index is -0.380. The summed E-state index contributed by atoms with van der Waals surface area (Å²) < 4.78 is 5.21. The lowest BCUT2D eigenvalue weighted by molar-refractivity contribution is -0.384. The molecule has 0 unspecified atom stereocenters. The third kappa shape index (κ3) is 2.97. The first-order valence-corrected chi connectivity index (χ1v) is 9.07. The molecule has 0 saturated heterocycles. The van der Waals surface area contributed by atoms with Gasteiger partial charge in [-0.15, -0.1) is 0 Å². The second-order valence-electron chi connectivity index (χ2n) is 6.82. The molecule has 2 aromatic carbocycles. The van der Waals surface area contributed by atoms with Gasteiger partial charge in [-0.3, -0.25) is 10.1 Å². The monoisotopic (exact) mass is 364 g/mol. The van der Waals surface area contributed by atoms with E-state index in [9.17, 15) is 14.9 Å². The zero-order valence-electron chi connectivity index (χ0n) is 14.9. The number of rotatable bonds is 4. The van der Waals surface area contributed by atoms with Crippen LogP contribution < -0.4 is 5.32 Å². The number of nitrogens with one attached hydrogen (secondary N) is 1. The first-order valence-electron chi connectivity index (χ1n) is 9.07. The first-order chi connectivity index (χ1) is 13.1. The molecule has 138 valence electrons. The maximum absolute atomic E-state index is 12.4. The molecule has 1 aliphatic carbocycles. The quantitative estimate of drug-likeness (QED) is 0.371. The van der Waals surface area contributed by atoms with Crippen LogP contribution in [0, 0.1) is 16.0 Å². The van der Waals surface area contributed by atoms with E-state index in [2.05, 4.69) is 17.5 Å². The third-order valence-electron chi connectivity index (χ3n) is 5.33. The van der Waals surface area contributed by atoms with Gasteiger partial charge < -0.3 is 10.1 Å². The van der Waals surface area contributed by atoms with Gasteiger partial charge in [0.15, 0.2) is 0 Å². The van der Waals surface area contributed by atoms with Crippen molar-refractivity contribution in [1.29, 1.82) is 0 Å². The Morgan fingerprint density at radius 2 is 2.11 bits per heavy atom. The van der Waals surface area contributed by atoms with E-state index >= 15 is 0 Å². The lowest BCUT2D eigenvalue weighted by atomic mass is 9.76. The molecule has 0 saturated carbocycles. The molecule has 6 heteroatoms. The molecule has 0 bridgehead atoms. The number of nitro groups is 1. The molecule has 1 heterocycles. The molecule has 2 aliphatic rings. The molecule has 1 N–H and O–H groups in total. The number of nitrogens with zero attached hydrogens (tertiary/aromatic N) is 1. The number of anilines is 1. The van der Waals surface area contributed by atoms with Crippen LogP contribution in [0.25, 0.3) is 0 Å². The average Bonchev–Trinajstić information content (AvgIpc) is 3.17. The van der Waals surface area contributed by atoms with Gasteiger partial charge >= 0.3 is 5.97 Å². The van der Waals surface area contributed by atoms with E-state index in [1.165, 1.54) is 6.07 Å². The summed E-state index contributed by atoms with van der Waals surface area (Å²) in [7, 11) is 0. The van der Waals surface area contributed by atoms with Gasteiger partial charge in [-0.2, -0.15) is 0 Å². The lowest BCUT2D eigenvalue weighted by Gasteiger charge is -2.38. The van der Waals surface area contributed by atoms with Crippen LogP contribution in [0.3, 0.4) is 0 Å². The fraction of sp³-hybridized carbons (Fsp3) is 0.286. The number of nitro benzene ring substituents is 1. The van der Waals surface area contributed by atoms with Crippen molar-refractivity contribution in [3.63, 3.8) is 0 Å². The summed E-state index contributed by atoms with van der Waals surface area (Å²) in [4.78, 5) is 23.2. The number of hydrogen-bond donors (Lipinski definition) is 1. The van der Waals surface area contributed by atoms with E-state index in [1.54, 1.807) is 25.1 Å². The summed E-state index contributed by atoms with van der Waals surface area (Å²) in [5.74, 6) is 0.0527. The number of benzene rings is 2. The zero-order chi connectivity index (χ0) is 19.0. The molecule has 1 aliphatic heterocycles. The summed E-state index contributed by atoms with van der Waals surface area (Å²) in [5.41, 5.74) is 3.26. The van der Waals surface area contributed by atoms with Gasteiger partial charge in [0.1, 0.15) is 0 Å². The van der Waals surface area contributed by atoms with Crippen LogP contribution >= 0.6 is 0 Å². The van der Waals surface area contributed by atoms with Crippen molar-refractivity contribution in [2.75, 3.05) is 11.9 Å². The number of allylic oxidation sites excluding steroid dienone is 2. The summed E-state index contributed by atoms with van der Waals surface area (Å²) >= 11 is 0. The molecule has 0 fully saturated rings. The van der Waals surface area contributed by atoms with Crippen molar-refractivity contribution in [2.45, 2.75) is 25.3 Å². The van der Waals surface area contributed by atoms with E-state index < -0.39 is 0 Å². The molecule has 0 amide bonds. The van der Waals surface area contributed by atoms with Gasteiger partial charge in [-0.1, -0.05) is 36.4 Å². The Morgan fingerprint density at radius 3 is 2.89 bits per heavy atom. The molecule has 0 aromatic heterocycles. The summed E-state index contributed by atoms with van der Waals surface area (Å²) in [6.45, 7) is 2.09. The van der Waals surface area contributed by atoms with E-state index in [-0.39, 0.29) is 34.5 Å². The maximum Gasteiger partial charge on any atom is 0.340 e. The number of non-ortho nitro benzene ring substituents is 1. The minimum absolute atomic E-state index is 0.0706. The summed E-state index contributed by atoms with van der Waals surface area (Å²) in [6, 6.07) is 12.3. The van der Waals surface area contributed by atoms with Gasteiger partial charge in [-0.05, 0) is 36.5 Å². The van der Waals surface area contributed by atoms with Crippen molar-refractivity contribution in [3.8, 4) is 0 Å². The Labute approximate surface area is 157 Å². The van der Waals surface area contributed by atoms with E-state index in [0.717, 1.165) is 23.2 Å². The molecular weight excluding hydrogens is 344 g/mol. The zero-order valence-corrected chi connectivity index (χ0v) is 14.9. The fourth-order valence-electron chi connectivity index (χ4n) is 4.16. The Morgan fingerprint density at radius 1 is 1.30 bits per heavy atom.